The summed E-state index contributed by atoms with van der Waals surface area (Å²) >= 11 is 1.69. The molecule has 128 valence electrons. The van der Waals surface area contributed by atoms with E-state index < -0.39 is 4.92 Å². The summed E-state index contributed by atoms with van der Waals surface area (Å²) in [4.78, 5) is 16.0. The van der Waals surface area contributed by atoms with Gasteiger partial charge in [-0.1, -0.05) is 6.07 Å². The van der Waals surface area contributed by atoms with E-state index >= 15 is 0 Å². The van der Waals surface area contributed by atoms with E-state index in [2.05, 4.69) is 27.0 Å². The number of aliphatic imine (C=N–C) groups is 1. The lowest BCUT2D eigenvalue weighted by Crippen LogP contribution is -2.39. The predicted octanol–water partition coefficient (Wildman–Crippen LogP) is 2.82. The summed E-state index contributed by atoms with van der Waals surface area (Å²) in [6, 6.07) is 10.5. The maximum Gasteiger partial charge on any atom is 0.269 e. The predicted molar refractivity (Wildman–Crippen MR) is 98.7 cm³/mol. The summed E-state index contributed by atoms with van der Waals surface area (Å²) < 4.78 is 0. The minimum absolute atomic E-state index is 0.0915. The molecule has 0 fully saturated rings. The molecule has 1 heterocycles. The molecule has 0 atom stereocenters. The quantitative estimate of drug-likeness (QED) is 0.224. The molecular formula is C16H21N5O2S. The molecule has 0 aliphatic heterocycles. The largest absolute Gasteiger partial charge is 0.383 e. The van der Waals surface area contributed by atoms with E-state index in [0.717, 1.165) is 18.2 Å². The summed E-state index contributed by atoms with van der Waals surface area (Å²) in [7, 11) is 0. The van der Waals surface area contributed by atoms with Crippen LogP contribution in [0.25, 0.3) is 0 Å². The van der Waals surface area contributed by atoms with Gasteiger partial charge in [0.2, 0.25) is 0 Å². The van der Waals surface area contributed by atoms with Crippen molar-refractivity contribution in [3.63, 3.8) is 0 Å². The van der Waals surface area contributed by atoms with Gasteiger partial charge in [0.25, 0.3) is 5.69 Å². The summed E-state index contributed by atoms with van der Waals surface area (Å²) in [5, 5.41) is 22.3. The molecular weight excluding hydrogens is 326 g/mol. The number of non-ortho nitro benzene ring substituents is 1. The van der Waals surface area contributed by atoms with Crippen molar-refractivity contribution < 1.29 is 4.92 Å². The van der Waals surface area contributed by atoms with Gasteiger partial charge in [-0.05, 0) is 30.5 Å². The minimum atomic E-state index is -0.405. The average molecular weight is 347 g/mol. The van der Waals surface area contributed by atoms with Crippen LogP contribution in [0.1, 0.15) is 11.8 Å². The number of benzene rings is 1. The third-order valence-corrected chi connectivity index (χ3v) is 4.00. The van der Waals surface area contributed by atoms with E-state index in [4.69, 9.17) is 0 Å². The van der Waals surface area contributed by atoms with Crippen LogP contribution in [0.4, 0.5) is 11.4 Å². The Kier molecular flexibility index (Phi) is 7.03. The summed E-state index contributed by atoms with van der Waals surface area (Å²) in [6.07, 6.45) is 0. The van der Waals surface area contributed by atoms with Gasteiger partial charge in [0, 0.05) is 42.3 Å². The summed E-state index contributed by atoms with van der Waals surface area (Å²) in [5.41, 5.74) is 0.941. The monoisotopic (exact) mass is 347 g/mol. The van der Waals surface area contributed by atoms with Crippen LogP contribution in [-0.2, 0) is 6.54 Å². The molecule has 0 saturated carbocycles. The summed E-state index contributed by atoms with van der Waals surface area (Å²) in [5.74, 6) is 0.774. The van der Waals surface area contributed by atoms with E-state index in [1.807, 2.05) is 18.4 Å². The van der Waals surface area contributed by atoms with Crippen molar-refractivity contribution in [2.24, 2.45) is 4.99 Å². The van der Waals surface area contributed by atoms with Crippen molar-refractivity contribution in [3.05, 3.63) is 56.8 Å². The lowest BCUT2D eigenvalue weighted by atomic mass is 10.3. The van der Waals surface area contributed by atoms with Gasteiger partial charge in [-0.2, -0.15) is 0 Å². The standard InChI is InChI=1S/C16H21N5O2S/c1-2-17-16(20-12-15-4-3-11-24-15)19-10-9-18-13-5-7-14(8-6-13)21(22)23/h3-8,11,18H,2,9-10,12H2,1H3,(H2,17,19,20). The number of rotatable bonds is 8. The summed E-state index contributed by atoms with van der Waals surface area (Å²) in [6.45, 7) is 4.85. The Balaban J connectivity index is 1.75. The topological polar surface area (TPSA) is 91.6 Å². The van der Waals surface area contributed by atoms with E-state index in [0.29, 0.717) is 19.6 Å². The third kappa shape index (κ3) is 5.88. The van der Waals surface area contributed by atoms with Crippen LogP contribution in [0, 0.1) is 10.1 Å². The lowest BCUT2D eigenvalue weighted by Gasteiger charge is -2.12. The van der Waals surface area contributed by atoms with Crippen molar-refractivity contribution in [2.75, 3.05) is 25.0 Å². The Morgan fingerprint density at radius 1 is 1.21 bits per heavy atom. The molecule has 0 unspecified atom stereocenters. The SMILES string of the molecule is CCNC(=NCc1cccs1)NCCNc1ccc([N+](=O)[O-])cc1. The second-order valence-electron chi connectivity index (χ2n) is 4.93. The number of anilines is 1. The molecule has 0 amide bonds. The minimum Gasteiger partial charge on any atom is -0.383 e. The highest BCUT2D eigenvalue weighted by Crippen LogP contribution is 2.14. The highest BCUT2D eigenvalue weighted by Gasteiger charge is 2.03. The zero-order valence-corrected chi connectivity index (χ0v) is 14.3. The smallest absolute Gasteiger partial charge is 0.269 e. The number of nitro benzene ring substituents is 1. The van der Waals surface area contributed by atoms with E-state index in [9.17, 15) is 10.1 Å². The maximum atomic E-state index is 10.6. The first-order valence-corrected chi connectivity index (χ1v) is 8.60. The maximum absolute atomic E-state index is 10.6. The first-order chi connectivity index (χ1) is 11.7. The van der Waals surface area contributed by atoms with E-state index in [-0.39, 0.29) is 5.69 Å². The lowest BCUT2D eigenvalue weighted by molar-refractivity contribution is -0.384. The Morgan fingerprint density at radius 3 is 2.62 bits per heavy atom. The van der Waals surface area contributed by atoms with Crippen LogP contribution in [0.5, 0.6) is 0 Å². The molecule has 2 aromatic rings. The first kappa shape index (κ1) is 17.7. The van der Waals surface area contributed by atoms with E-state index in [1.54, 1.807) is 23.5 Å². The molecule has 0 saturated heterocycles. The molecule has 0 aliphatic rings. The van der Waals surface area contributed by atoms with Crippen LogP contribution in [-0.4, -0.2) is 30.5 Å². The first-order valence-electron chi connectivity index (χ1n) is 7.72. The fourth-order valence-corrected chi connectivity index (χ4v) is 2.62. The Hall–Kier alpha value is -2.61. The van der Waals surface area contributed by atoms with Crippen LogP contribution < -0.4 is 16.0 Å². The van der Waals surface area contributed by atoms with Crippen molar-refractivity contribution in [3.8, 4) is 0 Å². The number of hydrogen-bond acceptors (Lipinski definition) is 5. The molecule has 0 spiro atoms. The highest BCUT2D eigenvalue weighted by molar-refractivity contribution is 7.09. The molecule has 1 aromatic carbocycles. The van der Waals surface area contributed by atoms with Crippen LogP contribution in [0.3, 0.4) is 0 Å². The van der Waals surface area contributed by atoms with Crippen molar-refractivity contribution in [1.29, 1.82) is 0 Å². The van der Waals surface area contributed by atoms with Crippen LogP contribution in [0.15, 0.2) is 46.8 Å². The Morgan fingerprint density at radius 2 is 2.00 bits per heavy atom. The second kappa shape index (κ2) is 9.51. The number of nitrogens with one attached hydrogen (secondary N) is 3. The highest BCUT2D eigenvalue weighted by atomic mass is 32.1. The molecule has 8 heteroatoms. The van der Waals surface area contributed by atoms with Gasteiger partial charge in [-0.25, -0.2) is 4.99 Å². The van der Waals surface area contributed by atoms with Crippen molar-refractivity contribution in [2.45, 2.75) is 13.5 Å². The van der Waals surface area contributed by atoms with Gasteiger partial charge in [-0.3, -0.25) is 10.1 Å². The van der Waals surface area contributed by atoms with Gasteiger partial charge >= 0.3 is 0 Å². The zero-order valence-electron chi connectivity index (χ0n) is 13.5. The Bertz CT molecular complexity index is 656. The molecule has 3 N–H and O–H groups in total. The van der Waals surface area contributed by atoms with Gasteiger partial charge in [0.1, 0.15) is 0 Å². The zero-order chi connectivity index (χ0) is 17.2. The van der Waals surface area contributed by atoms with Gasteiger partial charge in [0.15, 0.2) is 5.96 Å². The molecule has 1 aromatic heterocycles. The molecule has 7 nitrogen and oxygen atoms in total. The number of nitro groups is 1. The average Bonchev–Trinajstić information content (AvgIpc) is 3.10. The number of guanidine groups is 1. The number of nitrogens with zero attached hydrogens (tertiary/aromatic N) is 2. The van der Waals surface area contributed by atoms with Crippen molar-refractivity contribution in [1.82, 2.24) is 10.6 Å². The number of hydrogen-bond donors (Lipinski definition) is 3. The molecule has 2 rings (SSSR count). The van der Waals surface area contributed by atoms with Crippen molar-refractivity contribution >= 4 is 28.7 Å². The molecule has 0 radical (unpaired) electrons. The molecule has 24 heavy (non-hydrogen) atoms. The van der Waals surface area contributed by atoms with Crippen LogP contribution in [0.2, 0.25) is 0 Å². The van der Waals surface area contributed by atoms with Gasteiger partial charge in [-0.15, -0.1) is 11.3 Å². The fourth-order valence-electron chi connectivity index (χ4n) is 1.99. The molecule has 0 aliphatic carbocycles. The normalized spacial score (nSPS) is 11.1. The second-order valence-corrected chi connectivity index (χ2v) is 5.96. The van der Waals surface area contributed by atoms with Gasteiger partial charge < -0.3 is 16.0 Å². The number of thiophene rings is 1. The van der Waals surface area contributed by atoms with Crippen LogP contribution >= 0.6 is 11.3 Å². The van der Waals surface area contributed by atoms with E-state index in [1.165, 1.54) is 17.0 Å². The Labute approximate surface area is 145 Å². The molecule has 0 bridgehead atoms. The fraction of sp³-hybridized carbons (Fsp3) is 0.312. The van der Waals surface area contributed by atoms with Gasteiger partial charge in [0.05, 0.1) is 11.5 Å². The third-order valence-electron chi connectivity index (χ3n) is 3.14.